The van der Waals surface area contributed by atoms with Gasteiger partial charge in [0.05, 0.1) is 12.7 Å². The smallest absolute Gasteiger partial charge is 0.108 e. The van der Waals surface area contributed by atoms with Gasteiger partial charge in [-0.15, -0.1) is 0 Å². The van der Waals surface area contributed by atoms with Crippen LogP contribution in [0.1, 0.15) is 39.5 Å². The van der Waals surface area contributed by atoms with Crippen molar-refractivity contribution in [2.24, 2.45) is 0 Å². The van der Waals surface area contributed by atoms with Gasteiger partial charge in [0, 0.05) is 19.2 Å². The maximum atomic E-state index is 9.43. The van der Waals surface area contributed by atoms with Gasteiger partial charge in [-0.2, -0.15) is 5.26 Å². The molecule has 3 unspecified atom stereocenters. The van der Waals surface area contributed by atoms with E-state index in [9.17, 15) is 5.26 Å². The van der Waals surface area contributed by atoms with Crippen LogP contribution >= 0.6 is 0 Å². The lowest BCUT2D eigenvalue weighted by Gasteiger charge is -2.31. The quantitative estimate of drug-likeness (QED) is 0.751. The first-order valence-electron chi connectivity index (χ1n) is 6.95. The molecule has 0 aromatic rings. The van der Waals surface area contributed by atoms with Gasteiger partial charge in [0.25, 0.3) is 0 Å². The Morgan fingerprint density at radius 3 is 2.89 bits per heavy atom. The molecule has 0 spiro atoms. The molecule has 3 atom stereocenters. The van der Waals surface area contributed by atoms with Gasteiger partial charge in [-0.3, -0.25) is 10.2 Å². The molecule has 0 amide bonds. The zero-order valence-electron chi connectivity index (χ0n) is 12.2. The zero-order chi connectivity index (χ0) is 13.6. The number of hydrogen-bond donors (Lipinski definition) is 1. The van der Waals surface area contributed by atoms with E-state index in [4.69, 9.17) is 4.74 Å². The zero-order valence-corrected chi connectivity index (χ0v) is 12.2. The fraction of sp³-hybridized carbons (Fsp3) is 0.929. The topological polar surface area (TPSA) is 48.3 Å². The Kier molecular flexibility index (Phi) is 6.07. The maximum Gasteiger partial charge on any atom is 0.108 e. The maximum absolute atomic E-state index is 9.43. The highest BCUT2D eigenvalue weighted by atomic mass is 16.5. The Labute approximate surface area is 111 Å². The molecule has 0 saturated heterocycles. The van der Waals surface area contributed by atoms with E-state index in [0.717, 1.165) is 38.8 Å². The number of nitrogens with zero attached hydrogens (tertiary/aromatic N) is 2. The van der Waals surface area contributed by atoms with Crippen LogP contribution in [-0.4, -0.2) is 49.8 Å². The summed E-state index contributed by atoms with van der Waals surface area (Å²) < 4.78 is 5.21. The Balaban J connectivity index is 2.55. The Bertz CT molecular complexity index is 289. The molecule has 4 heteroatoms. The third-order valence-electron chi connectivity index (χ3n) is 4.09. The lowest BCUT2D eigenvalue weighted by atomic mass is 9.99. The number of nitrogens with one attached hydrogen (secondary N) is 1. The molecule has 0 bridgehead atoms. The van der Waals surface area contributed by atoms with Crippen molar-refractivity contribution in [1.29, 1.82) is 5.26 Å². The molecule has 18 heavy (non-hydrogen) atoms. The molecular weight excluding hydrogens is 226 g/mol. The van der Waals surface area contributed by atoms with Crippen LogP contribution in [0.2, 0.25) is 0 Å². The molecule has 0 aromatic heterocycles. The number of ether oxygens (including phenoxy) is 1. The van der Waals surface area contributed by atoms with Gasteiger partial charge in [-0.05, 0) is 46.2 Å². The summed E-state index contributed by atoms with van der Waals surface area (Å²) in [6, 6.07) is 3.39. The van der Waals surface area contributed by atoms with E-state index < -0.39 is 0 Å². The van der Waals surface area contributed by atoms with Crippen LogP contribution in [0.4, 0.5) is 0 Å². The van der Waals surface area contributed by atoms with Gasteiger partial charge in [0.1, 0.15) is 5.54 Å². The highest BCUT2D eigenvalue weighted by Gasteiger charge is 2.41. The minimum absolute atomic E-state index is 0.304. The fourth-order valence-corrected chi connectivity index (χ4v) is 2.75. The van der Waals surface area contributed by atoms with Crippen molar-refractivity contribution in [2.75, 3.05) is 27.3 Å². The van der Waals surface area contributed by atoms with Crippen LogP contribution in [0.25, 0.3) is 0 Å². The van der Waals surface area contributed by atoms with E-state index in [1.807, 2.05) is 0 Å². The van der Waals surface area contributed by atoms with Crippen molar-refractivity contribution < 1.29 is 4.74 Å². The first kappa shape index (κ1) is 15.4. The van der Waals surface area contributed by atoms with Crippen molar-refractivity contribution in [3.8, 4) is 6.07 Å². The third-order valence-corrected chi connectivity index (χ3v) is 4.09. The molecule has 104 valence electrons. The van der Waals surface area contributed by atoms with E-state index in [1.165, 1.54) is 0 Å². The number of rotatable bonds is 7. The first-order valence-corrected chi connectivity index (χ1v) is 6.95. The van der Waals surface area contributed by atoms with Gasteiger partial charge >= 0.3 is 0 Å². The number of hydrogen-bond acceptors (Lipinski definition) is 4. The van der Waals surface area contributed by atoms with Gasteiger partial charge in [-0.25, -0.2) is 0 Å². The molecular formula is C14H27N3O. The average molecular weight is 253 g/mol. The Morgan fingerprint density at radius 2 is 2.33 bits per heavy atom. The van der Waals surface area contributed by atoms with Gasteiger partial charge in [0.15, 0.2) is 0 Å². The minimum Gasteiger partial charge on any atom is -0.383 e. The summed E-state index contributed by atoms with van der Waals surface area (Å²) >= 11 is 0. The van der Waals surface area contributed by atoms with E-state index in [2.05, 4.69) is 37.2 Å². The molecule has 1 aliphatic rings. The molecule has 0 aromatic carbocycles. The predicted octanol–water partition coefficient (Wildman–Crippen LogP) is 1.77. The largest absolute Gasteiger partial charge is 0.383 e. The minimum atomic E-state index is -0.304. The summed E-state index contributed by atoms with van der Waals surface area (Å²) in [4.78, 5) is 2.36. The standard InChI is InChI=1S/C14H27N3O/c1-5-8-16-14(11-15)7-6-13(9-14)17(3)12(2)10-18-4/h12-13,16H,5-10H2,1-4H3. The van der Waals surface area contributed by atoms with Gasteiger partial charge in [-0.1, -0.05) is 6.92 Å². The fourth-order valence-electron chi connectivity index (χ4n) is 2.75. The normalized spacial score (nSPS) is 29.4. The van der Waals surface area contributed by atoms with Crippen molar-refractivity contribution in [2.45, 2.75) is 57.2 Å². The monoisotopic (exact) mass is 253 g/mol. The van der Waals surface area contributed by atoms with Crippen LogP contribution < -0.4 is 5.32 Å². The summed E-state index contributed by atoms with van der Waals surface area (Å²) in [5, 5.41) is 12.9. The third kappa shape index (κ3) is 3.68. The Hall–Kier alpha value is -0.630. The Morgan fingerprint density at radius 1 is 1.61 bits per heavy atom. The number of likely N-dealkylation sites (N-methyl/N-ethyl adjacent to an activating group) is 1. The summed E-state index contributed by atoms with van der Waals surface area (Å²) in [6.45, 7) is 5.99. The van der Waals surface area contributed by atoms with Gasteiger partial charge < -0.3 is 4.74 Å². The van der Waals surface area contributed by atoms with Crippen molar-refractivity contribution >= 4 is 0 Å². The highest BCUT2D eigenvalue weighted by Crippen LogP contribution is 2.33. The molecule has 0 radical (unpaired) electrons. The van der Waals surface area contributed by atoms with Crippen molar-refractivity contribution in [3.63, 3.8) is 0 Å². The first-order chi connectivity index (χ1) is 8.58. The summed E-state index contributed by atoms with van der Waals surface area (Å²) in [6.07, 6.45) is 4.05. The second-order valence-corrected chi connectivity index (χ2v) is 5.49. The number of nitriles is 1. The van der Waals surface area contributed by atoms with E-state index >= 15 is 0 Å². The van der Waals surface area contributed by atoms with Crippen molar-refractivity contribution in [3.05, 3.63) is 0 Å². The van der Waals surface area contributed by atoms with Crippen LogP contribution in [0.3, 0.4) is 0 Å². The van der Waals surface area contributed by atoms with Crippen LogP contribution in [-0.2, 0) is 4.74 Å². The van der Waals surface area contributed by atoms with E-state index in [-0.39, 0.29) is 5.54 Å². The molecule has 4 nitrogen and oxygen atoms in total. The highest BCUT2D eigenvalue weighted by molar-refractivity contribution is 5.13. The van der Waals surface area contributed by atoms with Crippen molar-refractivity contribution in [1.82, 2.24) is 10.2 Å². The lowest BCUT2D eigenvalue weighted by Crippen LogP contribution is -2.45. The molecule has 1 rings (SSSR count). The molecule has 0 heterocycles. The molecule has 1 saturated carbocycles. The van der Waals surface area contributed by atoms with Gasteiger partial charge in [0.2, 0.25) is 0 Å². The summed E-state index contributed by atoms with van der Waals surface area (Å²) in [5.41, 5.74) is -0.304. The van der Waals surface area contributed by atoms with Crippen LogP contribution in [0.15, 0.2) is 0 Å². The SMILES string of the molecule is CCCNC1(C#N)CCC(N(C)C(C)COC)C1. The molecule has 1 N–H and O–H groups in total. The summed E-state index contributed by atoms with van der Waals surface area (Å²) in [5.74, 6) is 0. The van der Waals surface area contributed by atoms with Crippen LogP contribution in [0, 0.1) is 11.3 Å². The predicted molar refractivity (Wildman–Crippen MR) is 73.4 cm³/mol. The lowest BCUT2D eigenvalue weighted by molar-refractivity contribution is 0.0889. The molecule has 0 aliphatic heterocycles. The summed E-state index contributed by atoms with van der Waals surface area (Å²) in [7, 11) is 3.88. The molecule has 1 aliphatic carbocycles. The van der Waals surface area contributed by atoms with Crippen LogP contribution in [0.5, 0.6) is 0 Å². The number of methoxy groups -OCH3 is 1. The molecule has 1 fully saturated rings. The van der Waals surface area contributed by atoms with E-state index in [0.29, 0.717) is 12.1 Å². The second-order valence-electron chi connectivity index (χ2n) is 5.49. The average Bonchev–Trinajstić information content (AvgIpc) is 2.81. The second kappa shape index (κ2) is 7.08. The van der Waals surface area contributed by atoms with E-state index in [1.54, 1.807) is 7.11 Å².